The molecular formula is C22H16N6O2S. The van der Waals surface area contributed by atoms with Crippen LogP contribution in [0, 0.1) is 17.0 Å². The average Bonchev–Trinajstić information content (AvgIpc) is 3.15. The van der Waals surface area contributed by atoms with Crippen LogP contribution in [0.15, 0.2) is 67.0 Å². The van der Waals surface area contributed by atoms with E-state index in [9.17, 15) is 10.1 Å². The first-order valence-electron chi connectivity index (χ1n) is 9.47. The molecule has 0 bridgehead atoms. The number of aryl methyl sites for hydroxylation is 1. The third-order valence-electron chi connectivity index (χ3n) is 4.82. The number of anilines is 4. The zero-order chi connectivity index (χ0) is 21.4. The van der Waals surface area contributed by atoms with E-state index in [1.807, 2.05) is 67.6 Å². The first kappa shape index (κ1) is 18.9. The molecule has 0 aliphatic heterocycles. The van der Waals surface area contributed by atoms with Crippen LogP contribution in [0.2, 0.25) is 0 Å². The van der Waals surface area contributed by atoms with Crippen LogP contribution in [0.25, 0.3) is 21.0 Å². The van der Waals surface area contributed by atoms with E-state index in [1.165, 1.54) is 17.7 Å². The van der Waals surface area contributed by atoms with Crippen LogP contribution >= 0.6 is 11.3 Å². The predicted octanol–water partition coefficient (Wildman–Crippen LogP) is 5.94. The van der Waals surface area contributed by atoms with Gasteiger partial charge in [-0.05, 0) is 36.1 Å². The Morgan fingerprint density at radius 3 is 2.58 bits per heavy atom. The Hall–Kier alpha value is -4.11. The van der Waals surface area contributed by atoms with Crippen molar-refractivity contribution in [3.8, 4) is 0 Å². The Morgan fingerprint density at radius 1 is 0.968 bits per heavy atom. The molecule has 0 unspecified atom stereocenters. The van der Waals surface area contributed by atoms with Crippen LogP contribution in [0.1, 0.15) is 5.56 Å². The number of hydrogen-bond donors (Lipinski definition) is 2. The zero-order valence-electron chi connectivity index (χ0n) is 16.4. The van der Waals surface area contributed by atoms with Gasteiger partial charge < -0.3 is 10.6 Å². The third-order valence-corrected chi connectivity index (χ3v) is 5.75. The van der Waals surface area contributed by atoms with Gasteiger partial charge in [-0.2, -0.15) is 0 Å². The number of nitro groups is 1. The fraction of sp³-hybridized carbons (Fsp3) is 0.0455. The number of nitrogens with zero attached hydrogens (tertiary/aromatic N) is 4. The normalized spacial score (nSPS) is 11.0. The number of fused-ring (bicyclic) bond motifs is 2. The highest BCUT2D eigenvalue weighted by Gasteiger charge is 2.24. The molecular weight excluding hydrogens is 412 g/mol. The molecule has 0 aliphatic carbocycles. The monoisotopic (exact) mass is 428 g/mol. The van der Waals surface area contributed by atoms with Gasteiger partial charge in [-0.3, -0.25) is 10.1 Å². The van der Waals surface area contributed by atoms with Gasteiger partial charge in [-0.25, -0.2) is 15.0 Å². The van der Waals surface area contributed by atoms with Crippen molar-refractivity contribution in [2.24, 2.45) is 0 Å². The third kappa shape index (κ3) is 3.62. The maximum Gasteiger partial charge on any atom is 0.353 e. The van der Waals surface area contributed by atoms with Crippen LogP contribution in [-0.4, -0.2) is 19.9 Å². The second-order valence-electron chi connectivity index (χ2n) is 6.94. The molecule has 0 spiro atoms. The van der Waals surface area contributed by atoms with E-state index >= 15 is 0 Å². The van der Waals surface area contributed by atoms with Crippen molar-refractivity contribution in [2.75, 3.05) is 10.6 Å². The van der Waals surface area contributed by atoms with Gasteiger partial charge in [-0.1, -0.05) is 53.8 Å². The Labute approximate surface area is 180 Å². The molecule has 3 aromatic carbocycles. The standard InChI is InChI=1S/C22H16N6O2S/c1-13-9-10-17-18(11-13)31-22(26-17)27-21-19(28(29)30)20(23-12-24-21)25-16-8-4-6-14-5-2-3-7-15(14)16/h2-12H,1H3,(H2,23,24,25,26,27). The van der Waals surface area contributed by atoms with E-state index in [0.29, 0.717) is 5.13 Å². The van der Waals surface area contributed by atoms with Gasteiger partial charge in [0.25, 0.3) is 0 Å². The minimum absolute atomic E-state index is 0.0820. The number of hydrogen-bond acceptors (Lipinski definition) is 8. The van der Waals surface area contributed by atoms with Crippen LogP contribution in [-0.2, 0) is 0 Å². The highest BCUT2D eigenvalue weighted by Crippen LogP contribution is 2.36. The van der Waals surface area contributed by atoms with Crippen molar-refractivity contribution in [2.45, 2.75) is 6.92 Å². The zero-order valence-corrected chi connectivity index (χ0v) is 17.2. The molecule has 0 atom stereocenters. The molecule has 9 heteroatoms. The molecule has 5 aromatic rings. The molecule has 0 aliphatic rings. The van der Waals surface area contributed by atoms with Gasteiger partial charge in [-0.15, -0.1) is 0 Å². The molecule has 0 saturated carbocycles. The number of nitrogens with one attached hydrogen (secondary N) is 2. The highest BCUT2D eigenvalue weighted by molar-refractivity contribution is 7.22. The van der Waals surface area contributed by atoms with Crippen molar-refractivity contribution in [1.29, 1.82) is 0 Å². The van der Waals surface area contributed by atoms with E-state index in [1.54, 1.807) is 0 Å². The van der Waals surface area contributed by atoms with Crippen molar-refractivity contribution in [3.05, 3.63) is 82.7 Å². The highest BCUT2D eigenvalue weighted by atomic mass is 32.1. The molecule has 2 heterocycles. The predicted molar refractivity (Wildman–Crippen MR) is 124 cm³/mol. The first-order chi connectivity index (χ1) is 15.1. The lowest BCUT2D eigenvalue weighted by atomic mass is 10.1. The molecule has 0 radical (unpaired) electrons. The van der Waals surface area contributed by atoms with Gasteiger partial charge >= 0.3 is 5.69 Å². The van der Waals surface area contributed by atoms with Crippen LogP contribution in [0.4, 0.5) is 28.1 Å². The second-order valence-corrected chi connectivity index (χ2v) is 7.97. The summed E-state index contributed by atoms with van der Waals surface area (Å²) in [6, 6.07) is 19.5. The van der Waals surface area contributed by atoms with E-state index in [4.69, 9.17) is 0 Å². The molecule has 8 nitrogen and oxygen atoms in total. The van der Waals surface area contributed by atoms with Gasteiger partial charge in [0, 0.05) is 11.1 Å². The van der Waals surface area contributed by atoms with Crippen LogP contribution in [0.5, 0.6) is 0 Å². The molecule has 31 heavy (non-hydrogen) atoms. The largest absolute Gasteiger partial charge is 0.353 e. The molecule has 0 amide bonds. The maximum atomic E-state index is 11.9. The smallest absolute Gasteiger partial charge is 0.334 e. The fourth-order valence-corrected chi connectivity index (χ4v) is 4.35. The molecule has 2 N–H and O–H groups in total. The minimum atomic E-state index is -0.493. The minimum Gasteiger partial charge on any atom is -0.334 e. The topological polar surface area (TPSA) is 106 Å². The maximum absolute atomic E-state index is 11.9. The van der Waals surface area contributed by atoms with Gasteiger partial charge in [0.15, 0.2) is 5.13 Å². The Morgan fingerprint density at radius 2 is 1.74 bits per heavy atom. The van der Waals surface area contributed by atoms with Crippen molar-refractivity contribution < 1.29 is 4.92 Å². The van der Waals surface area contributed by atoms with Crippen molar-refractivity contribution >= 4 is 60.5 Å². The Bertz CT molecular complexity index is 1440. The lowest BCUT2D eigenvalue weighted by Crippen LogP contribution is -2.05. The summed E-state index contributed by atoms with van der Waals surface area (Å²) in [7, 11) is 0. The summed E-state index contributed by atoms with van der Waals surface area (Å²) in [4.78, 5) is 24.2. The van der Waals surface area contributed by atoms with Crippen molar-refractivity contribution in [3.63, 3.8) is 0 Å². The van der Waals surface area contributed by atoms with Crippen molar-refractivity contribution in [1.82, 2.24) is 15.0 Å². The number of thiazole rings is 1. The number of rotatable bonds is 5. The van der Waals surface area contributed by atoms with Gasteiger partial charge in [0.05, 0.1) is 15.1 Å². The lowest BCUT2D eigenvalue weighted by Gasteiger charge is -2.11. The summed E-state index contributed by atoms with van der Waals surface area (Å²) in [5.74, 6) is 0.189. The Balaban J connectivity index is 1.54. The molecule has 0 fully saturated rings. The summed E-state index contributed by atoms with van der Waals surface area (Å²) in [5.41, 5.74) is 2.42. The number of aromatic nitrogens is 3. The van der Waals surface area contributed by atoms with E-state index in [2.05, 4.69) is 25.6 Å². The summed E-state index contributed by atoms with van der Waals surface area (Å²) in [6.07, 6.45) is 1.29. The lowest BCUT2D eigenvalue weighted by molar-refractivity contribution is -0.383. The SMILES string of the molecule is Cc1ccc2nc(Nc3ncnc(Nc4cccc5ccccc45)c3[N+](=O)[O-])sc2c1. The molecule has 152 valence electrons. The number of benzene rings is 3. The average molecular weight is 428 g/mol. The van der Waals surface area contributed by atoms with E-state index in [-0.39, 0.29) is 17.3 Å². The summed E-state index contributed by atoms with van der Waals surface area (Å²) < 4.78 is 0.994. The second kappa shape index (κ2) is 7.62. The Kier molecular flexibility index (Phi) is 4.64. The quantitative estimate of drug-likeness (QED) is 0.263. The van der Waals surface area contributed by atoms with E-state index in [0.717, 1.165) is 32.2 Å². The summed E-state index contributed by atoms with van der Waals surface area (Å²) in [5, 5.41) is 20.5. The van der Waals surface area contributed by atoms with Gasteiger partial charge in [0.1, 0.15) is 6.33 Å². The molecule has 0 saturated heterocycles. The summed E-state index contributed by atoms with van der Waals surface area (Å²) >= 11 is 1.41. The molecule has 2 aromatic heterocycles. The van der Waals surface area contributed by atoms with Gasteiger partial charge in [0.2, 0.25) is 11.6 Å². The van der Waals surface area contributed by atoms with Crippen LogP contribution < -0.4 is 10.6 Å². The fourth-order valence-electron chi connectivity index (χ4n) is 3.38. The van der Waals surface area contributed by atoms with Crippen LogP contribution in [0.3, 0.4) is 0 Å². The summed E-state index contributed by atoms with van der Waals surface area (Å²) in [6.45, 7) is 2.01. The molecule has 5 rings (SSSR count). The first-order valence-corrected chi connectivity index (χ1v) is 10.3. The van der Waals surface area contributed by atoms with E-state index < -0.39 is 4.92 Å².